The first kappa shape index (κ1) is 24.7. The van der Waals surface area contributed by atoms with Crippen LogP contribution >= 0.6 is 0 Å². The third-order valence-electron chi connectivity index (χ3n) is 6.54. The molecule has 6 nitrogen and oxygen atoms in total. The lowest BCUT2D eigenvalue weighted by Gasteiger charge is -2.28. The Bertz CT molecular complexity index is 1300. The maximum atomic E-state index is 12.4. The molecule has 5 rings (SSSR count). The summed E-state index contributed by atoms with van der Waals surface area (Å²) in [7, 11) is 0. The third kappa shape index (κ3) is 6.80. The van der Waals surface area contributed by atoms with Gasteiger partial charge in [-0.15, -0.1) is 0 Å². The summed E-state index contributed by atoms with van der Waals surface area (Å²) in [4.78, 5) is 23.4. The molecule has 37 heavy (non-hydrogen) atoms. The first-order chi connectivity index (χ1) is 18.2. The van der Waals surface area contributed by atoms with Crippen LogP contribution in [0.5, 0.6) is 5.75 Å². The average molecular weight is 494 g/mol. The molecule has 0 spiro atoms. The molecule has 0 bridgehead atoms. The van der Waals surface area contributed by atoms with Crippen LogP contribution in [0.4, 0.5) is 5.82 Å². The number of hydrogen-bond acceptors (Lipinski definition) is 6. The Morgan fingerprint density at radius 3 is 2.57 bits per heavy atom. The Kier molecular flexibility index (Phi) is 8.18. The number of ketones is 1. The van der Waals surface area contributed by atoms with E-state index < -0.39 is 0 Å². The highest BCUT2D eigenvalue weighted by atomic mass is 16.5. The highest BCUT2D eigenvalue weighted by Gasteiger charge is 2.14. The Morgan fingerprint density at radius 1 is 0.919 bits per heavy atom. The summed E-state index contributed by atoms with van der Waals surface area (Å²) < 4.78 is 11.6. The van der Waals surface area contributed by atoms with Crippen LogP contribution in [0.25, 0.3) is 11.1 Å². The second-order valence-corrected chi connectivity index (χ2v) is 9.17. The number of aromatic nitrogens is 2. The molecule has 0 radical (unpaired) electrons. The van der Waals surface area contributed by atoms with Gasteiger partial charge in [-0.2, -0.15) is 0 Å². The number of rotatable bonds is 10. The minimum Gasteiger partial charge on any atom is -0.489 e. The zero-order chi connectivity index (χ0) is 25.3. The second-order valence-electron chi connectivity index (χ2n) is 9.17. The number of carbonyl (C=O) groups is 1. The molecule has 1 saturated heterocycles. The summed E-state index contributed by atoms with van der Waals surface area (Å²) in [6.07, 6.45) is 7.09. The lowest BCUT2D eigenvalue weighted by molar-refractivity contribution is -0.118. The highest BCUT2D eigenvalue weighted by Crippen LogP contribution is 2.28. The Morgan fingerprint density at radius 2 is 1.76 bits per heavy atom. The number of Topliss-reactive ketones (excluding diaryl/α,β-unsaturated/α-hetero) is 1. The van der Waals surface area contributed by atoms with Gasteiger partial charge in [-0.3, -0.25) is 9.78 Å². The number of ether oxygens (including phenoxy) is 2. The minimum atomic E-state index is 0.222. The van der Waals surface area contributed by atoms with Crippen LogP contribution in [0.2, 0.25) is 0 Å². The van der Waals surface area contributed by atoms with Gasteiger partial charge in [0, 0.05) is 44.5 Å². The van der Waals surface area contributed by atoms with Crippen LogP contribution in [0.3, 0.4) is 0 Å². The lowest BCUT2D eigenvalue weighted by atomic mass is 10.0. The van der Waals surface area contributed by atoms with E-state index in [2.05, 4.69) is 33.1 Å². The van der Waals surface area contributed by atoms with Crippen molar-refractivity contribution in [2.45, 2.75) is 25.9 Å². The van der Waals surface area contributed by atoms with Gasteiger partial charge in [0.2, 0.25) is 0 Å². The molecule has 6 heteroatoms. The van der Waals surface area contributed by atoms with Gasteiger partial charge >= 0.3 is 0 Å². The standard InChI is InChI=1S/C31H31N3O3/c35-28(10-7-25-4-3-14-32-22-25)20-24-8-11-29(12-9-24)37-23-27-5-1-2-6-30(27)26-13-15-33-31(21-26)34-16-18-36-19-17-34/h1-6,8-9,11-15,21-22H,7,10,16-20,23H2. The van der Waals surface area contributed by atoms with Crippen molar-refractivity contribution in [1.82, 2.24) is 9.97 Å². The van der Waals surface area contributed by atoms with E-state index in [0.717, 1.165) is 72.1 Å². The van der Waals surface area contributed by atoms with Gasteiger partial charge in [0.15, 0.2) is 0 Å². The van der Waals surface area contributed by atoms with Crippen molar-refractivity contribution in [3.8, 4) is 16.9 Å². The van der Waals surface area contributed by atoms with Crippen molar-refractivity contribution < 1.29 is 14.3 Å². The fraction of sp³-hybridized carbons (Fsp3) is 0.258. The van der Waals surface area contributed by atoms with Crippen molar-refractivity contribution in [3.05, 3.63) is 108 Å². The average Bonchev–Trinajstić information content (AvgIpc) is 2.97. The van der Waals surface area contributed by atoms with E-state index in [1.807, 2.05) is 67.0 Å². The number of morpholine rings is 1. The summed E-state index contributed by atoms with van der Waals surface area (Å²) >= 11 is 0. The van der Waals surface area contributed by atoms with E-state index in [-0.39, 0.29) is 5.78 Å². The first-order valence-electron chi connectivity index (χ1n) is 12.7. The number of benzene rings is 2. The summed E-state index contributed by atoms with van der Waals surface area (Å²) in [6, 6.07) is 24.2. The molecule has 0 saturated carbocycles. The van der Waals surface area contributed by atoms with E-state index in [1.54, 1.807) is 6.20 Å². The summed E-state index contributed by atoms with van der Waals surface area (Å²) in [5.74, 6) is 1.98. The van der Waals surface area contributed by atoms with Crippen molar-refractivity contribution in [3.63, 3.8) is 0 Å². The molecule has 2 aromatic carbocycles. The van der Waals surface area contributed by atoms with Crippen molar-refractivity contribution in [2.75, 3.05) is 31.2 Å². The van der Waals surface area contributed by atoms with Crippen LogP contribution in [0, 0.1) is 0 Å². The van der Waals surface area contributed by atoms with Crippen molar-refractivity contribution >= 4 is 11.6 Å². The highest BCUT2D eigenvalue weighted by molar-refractivity contribution is 5.81. The van der Waals surface area contributed by atoms with Gasteiger partial charge in [0.1, 0.15) is 24.0 Å². The maximum absolute atomic E-state index is 12.4. The number of anilines is 1. The van der Waals surface area contributed by atoms with Crippen LogP contribution in [0.1, 0.15) is 23.1 Å². The van der Waals surface area contributed by atoms with E-state index in [0.29, 0.717) is 19.4 Å². The van der Waals surface area contributed by atoms with Gasteiger partial charge in [0.05, 0.1) is 13.2 Å². The molecular weight excluding hydrogens is 462 g/mol. The Hall–Kier alpha value is -4.03. The van der Waals surface area contributed by atoms with Crippen molar-refractivity contribution in [1.29, 1.82) is 0 Å². The monoisotopic (exact) mass is 493 g/mol. The number of nitrogens with zero attached hydrogens (tertiary/aromatic N) is 3. The molecule has 0 amide bonds. The SMILES string of the molecule is O=C(CCc1cccnc1)Cc1ccc(OCc2ccccc2-c2ccnc(N3CCOCC3)c2)cc1. The van der Waals surface area contributed by atoms with Crippen LogP contribution in [-0.4, -0.2) is 42.1 Å². The van der Waals surface area contributed by atoms with E-state index in [4.69, 9.17) is 9.47 Å². The topological polar surface area (TPSA) is 64.5 Å². The number of carbonyl (C=O) groups excluding carboxylic acids is 1. The molecule has 0 unspecified atom stereocenters. The molecule has 1 aliphatic heterocycles. The van der Waals surface area contributed by atoms with Gasteiger partial charge in [-0.25, -0.2) is 4.98 Å². The zero-order valence-corrected chi connectivity index (χ0v) is 20.9. The predicted octanol–water partition coefficient (Wildman–Crippen LogP) is 5.30. The predicted molar refractivity (Wildman–Crippen MR) is 145 cm³/mol. The molecule has 188 valence electrons. The fourth-order valence-electron chi connectivity index (χ4n) is 4.49. The number of hydrogen-bond donors (Lipinski definition) is 0. The van der Waals surface area contributed by atoms with Crippen LogP contribution < -0.4 is 9.64 Å². The molecule has 3 heterocycles. The van der Waals surface area contributed by atoms with Gasteiger partial charge < -0.3 is 14.4 Å². The van der Waals surface area contributed by atoms with Gasteiger partial charge in [-0.1, -0.05) is 42.5 Å². The largest absolute Gasteiger partial charge is 0.489 e. The minimum absolute atomic E-state index is 0.222. The molecule has 1 aliphatic rings. The van der Waals surface area contributed by atoms with Gasteiger partial charge in [-0.05, 0) is 64.6 Å². The molecule has 0 N–H and O–H groups in total. The van der Waals surface area contributed by atoms with Gasteiger partial charge in [0.25, 0.3) is 0 Å². The Balaban J connectivity index is 1.19. The van der Waals surface area contributed by atoms with Crippen LogP contribution in [-0.2, 0) is 29.0 Å². The van der Waals surface area contributed by atoms with Crippen molar-refractivity contribution in [2.24, 2.45) is 0 Å². The normalized spacial score (nSPS) is 13.4. The Labute approximate surface area is 217 Å². The summed E-state index contributed by atoms with van der Waals surface area (Å²) in [5.41, 5.74) is 5.45. The van der Waals surface area contributed by atoms with E-state index in [1.165, 1.54) is 0 Å². The quantitative estimate of drug-likeness (QED) is 0.299. The maximum Gasteiger partial charge on any atom is 0.137 e. The smallest absolute Gasteiger partial charge is 0.137 e. The third-order valence-corrected chi connectivity index (χ3v) is 6.54. The summed E-state index contributed by atoms with van der Waals surface area (Å²) in [6.45, 7) is 3.62. The summed E-state index contributed by atoms with van der Waals surface area (Å²) in [5, 5.41) is 0. The number of pyridine rings is 2. The molecular formula is C31H31N3O3. The lowest BCUT2D eigenvalue weighted by Crippen LogP contribution is -2.36. The van der Waals surface area contributed by atoms with E-state index >= 15 is 0 Å². The molecule has 2 aromatic heterocycles. The molecule has 1 fully saturated rings. The van der Waals surface area contributed by atoms with E-state index in [9.17, 15) is 4.79 Å². The fourth-order valence-corrected chi connectivity index (χ4v) is 4.49. The molecule has 4 aromatic rings. The molecule has 0 atom stereocenters. The van der Waals surface area contributed by atoms with Crippen LogP contribution in [0.15, 0.2) is 91.4 Å². The number of aryl methyl sites for hydroxylation is 1. The molecule has 0 aliphatic carbocycles. The zero-order valence-electron chi connectivity index (χ0n) is 20.9. The first-order valence-corrected chi connectivity index (χ1v) is 12.7. The second kappa shape index (κ2) is 12.3.